The van der Waals surface area contributed by atoms with E-state index >= 15 is 0 Å². The molecule has 11 aromatic rings. The summed E-state index contributed by atoms with van der Waals surface area (Å²) < 4.78 is 7.31. The van der Waals surface area contributed by atoms with Crippen molar-refractivity contribution in [2.75, 3.05) is 0 Å². The van der Waals surface area contributed by atoms with E-state index in [1.807, 2.05) is 11.3 Å². The topological polar surface area (TPSA) is 34.6 Å². The molecule has 8 aromatic carbocycles. The van der Waals surface area contributed by atoms with Crippen LogP contribution >= 0.6 is 11.3 Å². The molecule has 1 fully saturated rings. The Morgan fingerprint density at radius 2 is 1.03 bits per heavy atom. The number of hydrogen-bond acceptors (Lipinski definition) is 3. The van der Waals surface area contributed by atoms with Gasteiger partial charge in [0.2, 0.25) is 5.96 Å². The van der Waals surface area contributed by atoms with Crippen LogP contribution in [0, 0.1) is 11.8 Å². The van der Waals surface area contributed by atoms with Gasteiger partial charge in [0, 0.05) is 58.9 Å². The van der Waals surface area contributed by atoms with Crippen molar-refractivity contribution in [2.45, 2.75) is 6.42 Å². The Kier molecular flexibility index (Phi) is 7.33. The van der Waals surface area contributed by atoms with E-state index in [0.29, 0.717) is 17.8 Å². The molecule has 1 aliphatic carbocycles. The standard InChI is InChI=1S/C55H36N4S/c1-3-14-34(15-4-1)35-26-28-38(29-27-35)58-46-23-10-7-19-42(46)51-48(58)30-31-49-52(51)43-20-8-11-24-47(43)59(49)55-56-45(33-37-32-44(37)53(57-55)36-16-5-2-6-17-36)41-22-13-21-40-39-18-9-12-25-50(39)60-54(40)41/h1-31,33,37,44H,32H2. The van der Waals surface area contributed by atoms with Gasteiger partial charge in [0.05, 0.1) is 33.5 Å². The molecule has 2 aliphatic rings. The molecule has 13 rings (SSSR count). The molecule has 4 heterocycles. The zero-order valence-electron chi connectivity index (χ0n) is 32.5. The molecule has 1 aliphatic heterocycles. The summed E-state index contributed by atoms with van der Waals surface area (Å²) in [6, 6.07) is 68.0. The van der Waals surface area contributed by atoms with Crippen LogP contribution in [0.2, 0.25) is 0 Å². The highest BCUT2D eigenvalue weighted by Gasteiger charge is 2.42. The van der Waals surface area contributed by atoms with Gasteiger partial charge in [-0.15, -0.1) is 11.3 Å². The summed E-state index contributed by atoms with van der Waals surface area (Å²) in [4.78, 5) is 11.4. The molecule has 0 radical (unpaired) electrons. The van der Waals surface area contributed by atoms with Crippen molar-refractivity contribution < 1.29 is 0 Å². The Labute approximate surface area is 350 Å². The monoisotopic (exact) mass is 784 g/mol. The average molecular weight is 785 g/mol. The lowest BCUT2D eigenvalue weighted by Crippen LogP contribution is -2.16. The zero-order chi connectivity index (χ0) is 39.3. The fourth-order valence-electron chi connectivity index (χ4n) is 9.81. The number of rotatable bonds is 4. The van der Waals surface area contributed by atoms with Crippen molar-refractivity contribution in [3.8, 4) is 16.8 Å². The van der Waals surface area contributed by atoms with Crippen LogP contribution in [0.15, 0.2) is 204 Å². The minimum absolute atomic E-state index is 0.320. The summed E-state index contributed by atoms with van der Waals surface area (Å²) in [5.41, 5.74) is 12.5. The summed E-state index contributed by atoms with van der Waals surface area (Å²) in [6.45, 7) is 0. The number of allylic oxidation sites excluding steroid dienone is 1. The van der Waals surface area contributed by atoms with Crippen LogP contribution in [0.4, 0.5) is 0 Å². The quantitative estimate of drug-likeness (QED) is 0.170. The first kappa shape index (κ1) is 33.6. The molecule has 2 atom stereocenters. The van der Waals surface area contributed by atoms with E-state index in [2.05, 4.69) is 203 Å². The summed E-state index contributed by atoms with van der Waals surface area (Å²) in [5.74, 6) is 1.38. The van der Waals surface area contributed by atoms with E-state index in [0.717, 1.165) is 40.1 Å². The predicted molar refractivity (Wildman–Crippen MR) is 254 cm³/mol. The molecule has 0 bridgehead atoms. The van der Waals surface area contributed by atoms with Crippen molar-refractivity contribution >= 4 is 92.5 Å². The number of fused-ring (bicyclic) bond motifs is 11. The fourth-order valence-corrected chi connectivity index (χ4v) is 11.0. The van der Waals surface area contributed by atoms with Crippen LogP contribution in [-0.2, 0) is 0 Å². The largest absolute Gasteiger partial charge is 0.309 e. The third-order valence-electron chi connectivity index (χ3n) is 12.7. The van der Waals surface area contributed by atoms with Crippen molar-refractivity contribution in [2.24, 2.45) is 21.8 Å². The number of nitrogens with zero attached hydrogens (tertiary/aromatic N) is 4. The Morgan fingerprint density at radius 1 is 0.450 bits per heavy atom. The number of aromatic nitrogens is 2. The van der Waals surface area contributed by atoms with Crippen LogP contribution < -0.4 is 0 Å². The normalized spacial score (nSPS) is 16.6. The molecule has 60 heavy (non-hydrogen) atoms. The highest BCUT2D eigenvalue weighted by molar-refractivity contribution is 7.26. The van der Waals surface area contributed by atoms with Crippen LogP contribution in [0.3, 0.4) is 0 Å². The maximum atomic E-state index is 5.70. The smallest absolute Gasteiger partial charge is 0.235 e. The highest BCUT2D eigenvalue weighted by Crippen LogP contribution is 2.48. The van der Waals surface area contributed by atoms with Gasteiger partial charge in [-0.2, -0.15) is 0 Å². The van der Waals surface area contributed by atoms with E-state index in [1.165, 1.54) is 69.4 Å². The van der Waals surface area contributed by atoms with E-state index < -0.39 is 0 Å². The molecule has 3 aromatic heterocycles. The van der Waals surface area contributed by atoms with Gasteiger partial charge in [0.1, 0.15) is 0 Å². The third-order valence-corrected chi connectivity index (χ3v) is 13.9. The van der Waals surface area contributed by atoms with Crippen LogP contribution in [0.1, 0.15) is 17.5 Å². The Hall–Kier alpha value is -7.34. The van der Waals surface area contributed by atoms with Gasteiger partial charge < -0.3 is 4.57 Å². The van der Waals surface area contributed by atoms with Gasteiger partial charge in [0.25, 0.3) is 0 Å². The molecule has 0 spiro atoms. The molecule has 0 saturated heterocycles. The molecule has 0 N–H and O–H groups in total. The first-order valence-corrected chi connectivity index (χ1v) is 21.6. The molecular formula is C55H36N4S. The van der Waals surface area contributed by atoms with Gasteiger partial charge in [-0.25, -0.2) is 9.98 Å². The summed E-state index contributed by atoms with van der Waals surface area (Å²) in [7, 11) is 0. The highest BCUT2D eigenvalue weighted by atomic mass is 32.1. The van der Waals surface area contributed by atoms with Crippen LogP contribution in [-0.4, -0.2) is 20.8 Å². The first-order valence-electron chi connectivity index (χ1n) is 20.7. The van der Waals surface area contributed by atoms with Gasteiger partial charge >= 0.3 is 0 Å². The minimum Gasteiger partial charge on any atom is -0.309 e. The van der Waals surface area contributed by atoms with Crippen LogP contribution in [0.25, 0.3) is 86.3 Å². The van der Waals surface area contributed by atoms with Crippen molar-refractivity contribution in [3.05, 3.63) is 205 Å². The molecular weight excluding hydrogens is 749 g/mol. The lowest BCUT2D eigenvalue weighted by Gasteiger charge is -2.15. The van der Waals surface area contributed by atoms with E-state index in [-0.39, 0.29) is 0 Å². The Balaban J connectivity index is 1.08. The summed E-state index contributed by atoms with van der Waals surface area (Å²) >= 11 is 1.86. The predicted octanol–water partition coefficient (Wildman–Crippen LogP) is 14.3. The first-order chi connectivity index (χ1) is 29.8. The SMILES string of the molecule is C1=C(c2cccc3c2sc2ccccc23)N=C(n2c3ccccc3c3c4c5ccccc5n(-c5ccc(-c6ccccc6)cc5)c4ccc32)N=C(c2ccccc2)C2CC12. The van der Waals surface area contributed by atoms with Crippen molar-refractivity contribution in [1.29, 1.82) is 0 Å². The average Bonchev–Trinajstić information content (AvgIpc) is 3.64. The Bertz CT molecular complexity index is 3620. The number of aliphatic imine (C=N–C) groups is 2. The van der Waals surface area contributed by atoms with Gasteiger partial charge in [-0.3, -0.25) is 4.57 Å². The Morgan fingerprint density at radius 3 is 1.77 bits per heavy atom. The minimum atomic E-state index is 0.320. The second-order valence-corrected chi connectivity index (χ2v) is 17.1. The molecule has 5 heteroatoms. The number of hydrogen-bond donors (Lipinski definition) is 0. The number of benzene rings is 8. The van der Waals surface area contributed by atoms with Gasteiger partial charge in [-0.1, -0.05) is 152 Å². The maximum absolute atomic E-state index is 5.70. The van der Waals surface area contributed by atoms with Gasteiger partial charge in [-0.05, 0) is 71.5 Å². The number of para-hydroxylation sites is 2. The fraction of sp³-hybridized carbons (Fsp3) is 0.0545. The molecule has 4 nitrogen and oxygen atoms in total. The second-order valence-electron chi connectivity index (χ2n) is 16.1. The third kappa shape index (κ3) is 5.09. The molecule has 2 unspecified atom stereocenters. The van der Waals surface area contributed by atoms with Crippen molar-refractivity contribution in [1.82, 2.24) is 9.13 Å². The lowest BCUT2D eigenvalue weighted by molar-refractivity contribution is 1.02. The summed E-state index contributed by atoms with van der Waals surface area (Å²) in [6.07, 6.45) is 3.49. The van der Waals surface area contributed by atoms with Crippen molar-refractivity contribution in [3.63, 3.8) is 0 Å². The molecule has 0 amide bonds. The number of thiophene rings is 1. The van der Waals surface area contributed by atoms with E-state index in [4.69, 9.17) is 9.98 Å². The van der Waals surface area contributed by atoms with Gasteiger partial charge in [0.15, 0.2) is 0 Å². The maximum Gasteiger partial charge on any atom is 0.235 e. The zero-order valence-corrected chi connectivity index (χ0v) is 33.4. The van der Waals surface area contributed by atoms with E-state index in [1.54, 1.807) is 0 Å². The van der Waals surface area contributed by atoms with E-state index in [9.17, 15) is 0 Å². The summed E-state index contributed by atoms with van der Waals surface area (Å²) in [5, 5.41) is 7.42. The lowest BCUT2D eigenvalue weighted by atomic mass is 10.0. The molecule has 282 valence electrons. The second kappa shape index (κ2) is 13.1. The molecule has 1 saturated carbocycles. The van der Waals surface area contributed by atoms with Crippen LogP contribution in [0.5, 0.6) is 0 Å².